The number of benzene rings is 1. The van der Waals surface area contributed by atoms with E-state index >= 15 is 0 Å². The summed E-state index contributed by atoms with van der Waals surface area (Å²) in [6.45, 7) is 1.37. The summed E-state index contributed by atoms with van der Waals surface area (Å²) < 4.78 is 11.2. The summed E-state index contributed by atoms with van der Waals surface area (Å²) in [7, 11) is 1.64. The second kappa shape index (κ2) is 7.13. The molecule has 0 N–H and O–H groups in total. The van der Waals surface area contributed by atoms with Crippen LogP contribution in [0.5, 0.6) is 11.5 Å². The van der Waals surface area contributed by atoms with Gasteiger partial charge in [0.05, 0.1) is 7.11 Å². The van der Waals surface area contributed by atoms with Gasteiger partial charge < -0.3 is 14.4 Å². The van der Waals surface area contributed by atoms with Crippen molar-refractivity contribution in [3.8, 4) is 11.5 Å². The molecule has 0 spiro atoms. The summed E-state index contributed by atoms with van der Waals surface area (Å²) in [6.07, 6.45) is 3.40. The lowest BCUT2D eigenvalue weighted by Gasteiger charge is -2.32. The molecule has 5 heteroatoms. The summed E-state index contributed by atoms with van der Waals surface area (Å²) in [5, 5.41) is 0. The van der Waals surface area contributed by atoms with Crippen LogP contribution in [0, 0.1) is 0 Å². The minimum atomic E-state index is -0.00886. The van der Waals surface area contributed by atoms with E-state index in [2.05, 4.69) is 4.98 Å². The Hall–Kier alpha value is -2.56. The molecule has 5 nitrogen and oxygen atoms in total. The van der Waals surface area contributed by atoms with Crippen molar-refractivity contribution in [2.75, 3.05) is 20.2 Å². The third-order valence-electron chi connectivity index (χ3n) is 3.96. The van der Waals surface area contributed by atoms with Gasteiger partial charge in [-0.25, -0.2) is 0 Å². The highest BCUT2D eigenvalue weighted by Gasteiger charge is 2.25. The number of aromatic nitrogens is 1. The Morgan fingerprint density at radius 3 is 2.61 bits per heavy atom. The minimum Gasteiger partial charge on any atom is -0.497 e. The molecule has 0 bridgehead atoms. The Bertz CT molecular complexity index is 652. The summed E-state index contributed by atoms with van der Waals surface area (Å²) in [4.78, 5) is 18.3. The van der Waals surface area contributed by atoms with Crippen molar-refractivity contribution in [3.05, 3.63) is 54.4 Å². The number of carbonyl (C=O) groups excluding carboxylic acids is 1. The van der Waals surface area contributed by atoms with Gasteiger partial charge >= 0.3 is 0 Å². The number of methoxy groups -OCH3 is 1. The maximum atomic E-state index is 12.4. The molecule has 1 saturated heterocycles. The minimum absolute atomic E-state index is 0.00886. The Morgan fingerprint density at radius 2 is 1.91 bits per heavy atom. The van der Waals surface area contributed by atoms with Crippen molar-refractivity contribution >= 4 is 5.91 Å². The number of pyridine rings is 1. The summed E-state index contributed by atoms with van der Waals surface area (Å²) in [5.41, 5.74) is 0.500. The lowest BCUT2D eigenvalue weighted by Crippen LogP contribution is -2.42. The SMILES string of the molecule is COc1cccc(OC2CCN(C(=O)c3ccccn3)CC2)c1. The smallest absolute Gasteiger partial charge is 0.272 e. The first-order chi connectivity index (χ1) is 11.3. The van der Waals surface area contributed by atoms with Crippen LogP contribution in [0.15, 0.2) is 48.7 Å². The van der Waals surface area contributed by atoms with Crippen LogP contribution in [0.4, 0.5) is 0 Å². The number of carbonyl (C=O) groups is 1. The van der Waals surface area contributed by atoms with Gasteiger partial charge in [0.15, 0.2) is 0 Å². The normalized spacial score (nSPS) is 15.3. The van der Waals surface area contributed by atoms with Crippen molar-refractivity contribution in [1.82, 2.24) is 9.88 Å². The molecular weight excluding hydrogens is 292 g/mol. The molecule has 1 aromatic carbocycles. The van der Waals surface area contributed by atoms with Crippen LogP contribution in [-0.2, 0) is 0 Å². The van der Waals surface area contributed by atoms with Crippen LogP contribution in [0.25, 0.3) is 0 Å². The summed E-state index contributed by atoms with van der Waals surface area (Å²) >= 11 is 0. The van der Waals surface area contributed by atoms with Crippen LogP contribution in [0.3, 0.4) is 0 Å². The van der Waals surface area contributed by atoms with Crippen LogP contribution >= 0.6 is 0 Å². The van der Waals surface area contributed by atoms with E-state index < -0.39 is 0 Å². The lowest BCUT2D eigenvalue weighted by atomic mass is 10.1. The maximum absolute atomic E-state index is 12.4. The van der Waals surface area contributed by atoms with Gasteiger partial charge in [-0.3, -0.25) is 9.78 Å². The number of hydrogen-bond donors (Lipinski definition) is 0. The number of rotatable bonds is 4. The highest BCUT2D eigenvalue weighted by molar-refractivity contribution is 5.92. The van der Waals surface area contributed by atoms with E-state index in [1.54, 1.807) is 19.4 Å². The van der Waals surface area contributed by atoms with Gasteiger partial charge in [-0.1, -0.05) is 12.1 Å². The topological polar surface area (TPSA) is 51.7 Å². The van der Waals surface area contributed by atoms with E-state index in [0.29, 0.717) is 18.8 Å². The number of nitrogens with zero attached hydrogens (tertiary/aromatic N) is 2. The number of piperidine rings is 1. The Morgan fingerprint density at radius 1 is 1.13 bits per heavy atom. The van der Waals surface area contributed by atoms with Crippen molar-refractivity contribution < 1.29 is 14.3 Å². The predicted molar refractivity (Wildman–Crippen MR) is 86.8 cm³/mol. The molecule has 1 aromatic heterocycles. The number of ether oxygens (including phenoxy) is 2. The quantitative estimate of drug-likeness (QED) is 0.871. The highest BCUT2D eigenvalue weighted by atomic mass is 16.5. The molecule has 0 saturated carbocycles. The van der Waals surface area contributed by atoms with Crippen molar-refractivity contribution in [3.63, 3.8) is 0 Å². The fourth-order valence-electron chi connectivity index (χ4n) is 2.69. The molecule has 1 amide bonds. The maximum Gasteiger partial charge on any atom is 0.272 e. The van der Waals surface area contributed by atoms with E-state index in [-0.39, 0.29) is 12.0 Å². The molecule has 0 radical (unpaired) electrons. The predicted octanol–water partition coefficient (Wildman–Crippen LogP) is 2.77. The first-order valence-corrected chi connectivity index (χ1v) is 7.77. The van der Waals surface area contributed by atoms with E-state index in [9.17, 15) is 4.79 Å². The summed E-state index contributed by atoms with van der Waals surface area (Å²) in [5.74, 6) is 1.58. The van der Waals surface area contributed by atoms with Gasteiger partial charge in [-0.15, -0.1) is 0 Å². The Kier molecular flexibility index (Phi) is 4.76. The number of amides is 1. The average molecular weight is 312 g/mol. The Balaban J connectivity index is 1.55. The molecule has 0 atom stereocenters. The standard InChI is InChI=1S/C18H20N2O3/c1-22-15-5-4-6-16(13-15)23-14-8-11-20(12-9-14)18(21)17-7-2-3-10-19-17/h2-7,10,13-14H,8-9,11-12H2,1H3. The summed E-state index contributed by atoms with van der Waals surface area (Å²) in [6, 6.07) is 13.0. The monoisotopic (exact) mass is 312 g/mol. The average Bonchev–Trinajstić information content (AvgIpc) is 2.63. The first kappa shape index (κ1) is 15.3. The first-order valence-electron chi connectivity index (χ1n) is 7.77. The second-order valence-corrected chi connectivity index (χ2v) is 5.50. The third kappa shape index (κ3) is 3.80. The van der Waals surface area contributed by atoms with Crippen LogP contribution in [-0.4, -0.2) is 42.1 Å². The van der Waals surface area contributed by atoms with Gasteiger partial charge in [-0.05, 0) is 24.3 Å². The fraction of sp³-hybridized carbons (Fsp3) is 0.333. The van der Waals surface area contributed by atoms with Gasteiger partial charge in [0, 0.05) is 38.2 Å². The van der Waals surface area contributed by atoms with E-state index in [1.807, 2.05) is 41.3 Å². The zero-order valence-corrected chi connectivity index (χ0v) is 13.1. The molecule has 1 aliphatic rings. The molecule has 0 unspecified atom stereocenters. The van der Waals surface area contributed by atoms with E-state index in [0.717, 1.165) is 24.3 Å². The van der Waals surface area contributed by atoms with E-state index in [1.165, 1.54) is 0 Å². The second-order valence-electron chi connectivity index (χ2n) is 5.50. The molecule has 1 fully saturated rings. The molecule has 1 aliphatic heterocycles. The van der Waals surface area contributed by atoms with Crippen molar-refractivity contribution in [2.24, 2.45) is 0 Å². The van der Waals surface area contributed by atoms with Crippen LogP contribution in [0.1, 0.15) is 23.3 Å². The zero-order valence-electron chi connectivity index (χ0n) is 13.1. The molecule has 23 heavy (non-hydrogen) atoms. The van der Waals surface area contributed by atoms with Crippen LogP contribution < -0.4 is 9.47 Å². The zero-order chi connectivity index (χ0) is 16.1. The van der Waals surface area contributed by atoms with Crippen molar-refractivity contribution in [1.29, 1.82) is 0 Å². The number of likely N-dealkylation sites (tertiary alicyclic amines) is 1. The van der Waals surface area contributed by atoms with Crippen LogP contribution in [0.2, 0.25) is 0 Å². The fourth-order valence-corrected chi connectivity index (χ4v) is 2.69. The van der Waals surface area contributed by atoms with Gasteiger partial charge in [-0.2, -0.15) is 0 Å². The Labute approximate surface area is 135 Å². The molecule has 0 aliphatic carbocycles. The lowest BCUT2D eigenvalue weighted by molar-refractivity contribution is 0.0590. The molecular formula is C18H20N2O3. The van der Waals surface area contributed by atoms with Gasteiger partial charge in [0.25, 0.3) is 5.91 Å². The molecule has 120 valence electrons. The largest absolute Gasteiger partial charge is 0.497 e. The molecule has 2 heterocycles. The van der Waals surface area contributed by atoms with Crippen molar-refractivity contribution in [2.45, 2.75) is 18.9 Å². The number of hydrogen-bond acceptors (Lipinski definition) is 4. The highest BCUT2D eigenvalue weighted by Crippen LogP contribution is 2.23. The molecule has 3 rings (SSSR count). The third-order valence-corrected chi connectivity index (χ3v) is 3.96. The van der Waals surface area contributed by atoms with Gasteiger partial charge in [0.1, 0.15) is 23.3 Å². The van der Waals surface area contributed by atoms with E-state index in [4.69, 9.17) is 9.47 Å². The molecule has 2 aromatic rings. The van der Waals surface area contributed by atoms with Gasteiger partial charge in [0.2, 0.25) is 0 Å².